The number of likely N-dealkylation sites (N-methyl/N-ethyl adjacent to an activating group) is 1. The maximum Gasteiger partial charge on any atom is 0.253 e. The molecule has 1 saturated heterocycles. The summed E-state index contributed by atoms with van der Waals surface area (Å²) in [5, 5.41) is 2.42. The number of benzene rings is 1. The fourth-order valence-electron chi connectivity index (χ4n) is 3.13. The van der Waals surface area contributed by atoms with Crippen LogP contribution in [0.1, 0.15) is 12.8 Å². The SMILES string of the molecule is CN(CC1CC1)[C@H](C(N)=O)C(=O)Nc1ccc(N2CCOCC2=O)cc1F. The number of primary amides is 1. The van der Waals surface area contributed by atoms with Crippen LogP contribution in [0.3, 0.4) is 0 Å². The molecule has 0 unspecified atom stereocenters. The van der Waals surface area contributed by atoms with Crippen molar-refractivity contribution in [1.29, 1.82) is 0 Å². The molecule has 146 valence electrons. The van der Waals surface area contributed by atoms with Gasteiger partial charge in [-0.15, -0.1) is 0 Å². The summed E-state index contributed by atoms with van der Waals surface area (Å²) in [5.41, 5.74) is 5.68. The Morgan fingerprint density at radius 2 is 2.19 bits per heavy atom. The van der Waals surface area contributed by atoms with Crippen LogP contribution < -0.4 is 16.0 Å². The number of amides is 3. The van der Waals surface area contributed by atoms with Crippen molar-refractivity contribution < 1.29 is 23.5 Å². The largest absolute Gasteiger partial charge is 0.370 e. The van der Waals surface area contributed by atoms with Crippen LogP contribution in [0.15, 0.2) is 18.2 Å². The van der Waals surface area contributed by atoms with E-state index in [9.17, 15) is 18.8 Å². The van der Waals surface area contributed by atoms with E-state index in [4.69, 9.17) is 10.5 Å². The Labute approximate surface area is 156 Å². The van der Waals surface area contributed by atoms with Gasteiger partial charge >= 0.3 is 0 Å². The smallest absolute Gasteiger partial charge is 0.253 e. The molecule has 1 aromatic carbocycles. The number of hydrogen-bond donors (Lipinski definition) is 2. The number of anilines is 2. The van der Waals surface area contributed by atoms with Crippen LogP contribution in [0.5, 0.6) is 0 Å². The molecule has 0 bridgehead atoms. The highest BCUT2D eigenvalue weighted by Crippen LogP contribution is 2.30. The third kappa shape index (κ3) is 4.61. The third-order valence-corrected chi connectivity index (χ3v) is 4.71. The highest BCUT2D eigenvalue weighted by Gasteiger charge is 2.33. The van der Waals surface area contributed by atoms with Crippen molar-refractivity contribution >= 4 is 29.1 Å². The van der Waals surface area contributed by atoms with E-state index in [0.717, 1.165) is 12.8 Å². The molecule has 1 aliphatic heterocycles. The monoisotopic (exact) mass is 378 g/mol. The second-order valence-corrected chi connectivity index (χ2v) is 6.94. The highest BCUT2D eigenvalue weighted by molar-refractivity contribution is 6.09. The lowest BCUT2D eigenvalue weighted by molar-refractivity contribution is -0.132. The summed E-state index contributed by atoms with van der Waals surface area (Å²) in [6.07, 6.45) is 2.13. The molecule has 0 spiro atoms. The molecule has 2 fully saturated rings. The normalized spacial score (nSPS) is 18.5. The quantitative estimate of drug-likeness (QED) is 0.665. The van der Waals surface area contributed by atoms with Gasteiger partial charge in [0.25, 0.3) is 11.8 Å². The Bertz CT molecular complexity index is 753. The predicted molar refractivity (Wildman–Crippen MR) is 96.5 cm³/mol. The van der Waals surface area contributed by atoms with Crippen LogP contribution in [0.25, 0.3) is 0 Å². The Morgan fingerprint density at radius 1 is 1.44 bits per heavy atom. The van der Waals surface area contributed by atoms with Gasteiger partial charge in [0.1, 0.15) is 12.4 Å². The number of halogens is 1. The van der Waals surface area contributed by atoms with Gasteiger partial charge in [0, 0.05) is 18.8 Å². The number of nitrogens with one attached hydrogen (secondary N) is 1. The molecule has 3 amide bonds. The van der Waals surface area contributed by atoms with E-state index in [0.29, 0.717) is 31.3 Å². The molecule has 0 radical (unpaired) electrons. The first-order chi connectivity index (χ1) is 12.9. The van der Waals surface area contributed by atoms with Gasteiger partial charge in [-0.05, 0) is 44.0 Å². The minimum absolute atomic E-state index is 0.0479. The molecule has 2 aliphatic rings. The van der Waals surface area contributed by atoms with Crippen molar-refractivity contribution in [3.8, 4) is 0 Å². The lowest BCUT2D eigenvalue weighted by Crippen LogP contribution is -2.51. The number of hydrogen-bond acceptors (Lipinski definition) is 5. The standard InChI is InChI=1S/C18H23FN4O4/c1-22(9-11-2-3-11)16(17(20)25)18(26)21-14-5-4-12(8-13(14)19)23-6-7-27-10-15(23)24/h4-5,8,11,16H,2-3,6-7,9-10H2,1H3,(H2,20,25)(H,21,26)/t16-/m1/s1. The molecule has 0 aromatic heterocycles. The molecule has 9 heteroatoms. The number of nitrogens with zero attached hydrogens (tertiary/aromatic N) is 2. The molecule has 1 atom stereocenters. The Hall–Kier alpha value is -2.52. The second kappa shape index (κ2) is 8.01. The molecule has 1 aromatic rings. The average molecular weight is 378 g/mol. The minimum atomic E-state index is -1.18. The summed E-state index contributed by atoms with van der Waals surface area (Å²) in [5.74, 6) is -1.96. The van der Waals surface area contributed by atoms with Gasteiger partial charge in [-0.25, -0.2) is 4.39 Å². The van der Waals surface area contributed by atoms with Crippen molar-refractivity contribution in [1.82, 2.24) is 4.90 Å². The van der Waals surface area contributed by atoms with E-state index >= 15 is 0 Å². The van der Waals surface area contributed by atoms with Gasteiger partial charge in [0.15, 0.2) is 6.04 Å². The van der Waals surface area contributed by atoms with E-state index < -0.39 is 23.7 Å². The first-order valence-electron chi connectivity index (χ1n) is 8.85. The van der Waals surface area contributed by atoms with Gasteiger partial charge in [-0.3, -0.25) is 19.3 Å². The number of morpholine rings is 1. The number of nitrogens with two attached hydrogens (primary N) is 1. The van der Waals surface area contributed by atoms with Crippen molar-refractivity contribution in [2.45, 2.75) is 18.9 Å². The van der Waals surface area contributed by atoms with E-state index in [1.165, 1.54) is 23.1 Å². The molecular formula is C18H23FN4O4. The van der Waals surface area contributed by atoms with E-state index in [1.54, 1.807) is 11.9 Å². The Kier molecular flexibility index (Phi) is 5.71. The zero-order valence-electron chi connectivity index (χ0n) is 15.1. The van der Waals surface area contributed by atoms with Crippen molar-refractivity contribution in [2.24, 2.45) is 11.7 Å². The lowest BCUT2D eigenvalue weighted by atomic mass is 10.2. The molecule has 27 heavy (non-hydrogen) atoms. The fraction of sp³-hybridized carbons (Fsp3) is 0.500. The second-order valence-electron chi connectivity index (χ2n) is 6.94. The van der Waals surface area contributed by atoms with Crippen LogP contribution >= 0.6 is 0 Å². The molecule has 3 N–H and O–H groups in total. The van der Waals surface area contributed by atoms with Gasteiger partial charge in [0.05, 0.1) is 12.3 Å². The van der Waals surface area contributed by atoms with E-state index in [-0.39, 0.29) is 18.2 Å². The summed E-state index contributed by atoms with van der Waals surface area (Å²) < 4.78 is 19.5. The maximum atomic E-state index is 14.5. The van der Waals surface area contributed by atoms with Gasteiger partial charge in [-0.1, -0.05) is 0 Å². The average Bonchev–Trinajstić information content (AvgIpc) is 3.41. The third-order valence-electron chi connectivity index (χ3n) is 4.71. The molecule has 1 heterocycles. The van der Waals surface area contributed by atoms with Crippen LogP contribution in [-0.2, 0) is 19.1 Å². The summed E-state index contributed by atoms with van der Waals surface area (Å²) in [6.45, 7) is 1.24. The van der Waals surface area contributed by atoms with Crippen LogP contribution in [0, 0.1) is 11.7 Å². The molecular weight excluding hydrogens is 355 g/mol. The van der Waals surface area contributed by atoms with Crippen LogP contribution in [-0.4, -0.2) is 62.0 Å². The highest BCUT2D eigenvalue weighted by atomic mass is 19.1. The van der Waals surface area contributed by atoms with Crippen molar-refractivity contribution in [3.05, 3.63) is 24.0 Å². The molecule has 3 rings (SSSR count). The zero-order valence-corrected chi connectivity index (χ0v) is 15.1. The van der Waals surface area contributed by atoms with Crippen molar-refractivity contribution in [2.75, 3.05) is 43.6 Å². The number of carbonyl (C=O) groups excluding carboxylic acids is 3. The Morgan fingerprint density at radius 3 is 2.78 bits per heavy atom. The fourth-order valence-corrected chi connectivity index (χ4v) is 3.13. The Balaban J connectivity index is 1.70. The van der Waals surface area contributed by atoms with Crippen LogP contribution in [0.2, 0.25) is 0 Å². The summed E-state index contributed by atoms with van der Waals surface area (Å²) >= 11 is 0. The van der Waals surface area contributed by atoms with E-state index in [2.05, 4.69) is 5.32 Å². The first-order valence-corrected chi connectivity index (χ1v) is 8.85. The number of carbonyl (C=O) groups is 3. The number of ether oxygens (including phenoxy) is 1. The molecule has 1 aliphatic carbocycles. The summed E-state index contributed by atoms with van der Waals surface area (Å²) in [7, 11) is 1.65. The first kappa shape index (κ1) is 19.2. The molecule has 8 nitrogen and oxygen atoms in total. The lowest BCUT2D eigenvalue weighted by Gasteiger charge is -2.27. The summed E-state index contributed by atoms with van der Waals surface area (Å²) in [6, 6.07) is 2.90. The van der Waals surface area contributed by atoms with Crippen LogP contribution in [0.4, 0.5) is 15.8 Å². The maximum absolute atomic E-state index is 14.5. The summed E-state index contributed by atoms with van der Waals surface area (Å²) in [4.78, 5) is 39.1. The van der Waals surface area contributed by atoms with Gasteiger partial charge in [0.2, 0.25) is 5.91 Å². The predicted octanol–water partition coefficient (Wildman–Crippen LogP) is 0.323. The molecule has 1 saturated carbocycles. The zero-order chi connectivity index (χ0) is 19.6. The topological polar surface area (TPSA) is 105 Å². The number of rotatable bonds is 7. The van der Waals surface area contributed by atoms with Gasteiger partial charge in [-0.2, -0.15) is 0 Å². The van der Waals surface area contributed by atoms with E-state index in [1.807, 2.05) is 0 Å². The van der Waals surface area contributed by atoms with Gasteiger partial charge < -0.3 is 20.7 Å². The minimum Gasteiger partial charge on any atom is -0.370 e. The van der Waals surface area contributed by atoms with Crippen molar-refractivity contribution in [3.63, 3.8) is 0 Å².